The van der Waals surface area contributed by atoms with Gasteiger partial charge >= 0.3 is 0 Å². The van der Waals surface area contributed by atoms with E-state index in [0.717, 1.165) is 22.4 Å². The van der Waals surface area contributed by atoms with Crippen molar-refractivity contribution in [2.45, 2.75) is 44.5 Å². The van der Waals surface area contributed by atoms with E-state index in [0.29, 0.717) is 30.9 Å². The lowest BCUT2D eigenvalue weighted by atomic mass is 9.93. The largest absolute Gasteiger partial charge is 0.506 e. The Morgan fingerprint density at radius 2 is 1.93 bits per heavy atom. The number of halogens is 1. The van der Waals surface area contributed by atoms with E-state index < -0.39 is 18.3 Å². The SMILES string of the molecule is CCOc1ccc(Cc2cc(C3CC(O)CC(CO)O3)cc(O)c2Cl)cc1. The van der Waals surface area contributed by atoms with Crippen molar-refractivity contribution in [1.29, 1.82) is 0 Å². The molecule has 27 heavy (non-hydrogen) atoms. The molecule has 3 N–H and O–H groups in total. The number of hydrogen-bond acceptors (Lipinski definition) is 5. The first-order chi connectivity index (χ1) is 13.0. The fraction of sp³-hybridized carbons (Fsp3) is 0.429. The molecule has 0 spiro atoms. The molecule has 0 amide bonds. The van der Waals surface area contributed by atoms with Gasteiger partial charge in [-0.15, -0.1) is 0 Å². The van der Waals surface area contributed by atoms with Gasteiger partial charge in [0.25, 0.3) is 0 Å². The average Bonchev–Trinajstić information content (AvgIpc) is 2.66. The van der Waals surface area contributed by atoms with Crippen LogP contribution in [0.5, 0.6) is 11.5 Å². The van der Waals surface area contributed by atoms with Gasteiger partial charge in [-0.25, -0.2) is 0 Å². The molecule has 1 aliphatic heterocycles. The minimum atomic E-state index is -0.548. The highest BCUT2D eigenvalue weighted by Gasteiger charge is 2.29. The van der Waals surface area contributed by atoms with Crippen LogP contribution in [0, 0.1) is 0 Å². The van der Waals surface area contributed by atoms with Crippen molar-refractivity contribution in [2.75, 3.05) is 13.2 Å². The Labute approximate surface area is 164 Å². The molecule has 0 radical (unpaired) electrons. The molecule has 0 aliphatic carbocycles. The summed E-state index contributed by atoms with van der Waals surface area (Å²) in [4.78, 5) is 0. The van der Waals surface area contributed by atoms with Crippen LogP contribution in [-0.2, 0) is 11.2 Å². The van der Waals surface area contributed by atoms with Crippen LogP contribution in [-0.4, -0.2) is 40.7 Å². The fourth-order valence-electron chi connectivity index (χ4n) is 3.42. The number of phenols is 1. The summed E-state index contributed by atoms with van der Waals surface area (Å²) in [6.07, 6.45) is 0.0179. The highest BCUT2D eigenvalue weighted by Crippen LogP contribution is 2.37. The van der Waals surface area contributed by atoms with Crippen molar-refractivity contribution in [3.63, 3.8) is 0 Å². The number of rotatable bonds is 6. The minimum absolute atomic E-state index is 0.0145. The van der Waals surface area contributed by atoms with E-state index in [-0.39, 0.29) is 12.4 Å². The van der Waals surface area contributed by atoms with E-state index in [1.54, 1.807) is 6.07 Å². The molecule has 2 aromatic rings. The van der Waals surface area contributed by atoms with Gasteiger partial charge in [0.1, 0.15) is 11.5 Å². The molecule has 1 saturated heterocycles. The first kappa shape index (κ1) is 20.0. The Kier molecular flexibility index (Phi) is 6.60. The lowest BCUT2D eigenvalue weighted by Crippen LogP contribution is -2.33. The maximum absolute atomic E-state index is 10.3. The summed E-state index contributed by atoms with van der Waals surface area (Å²) in [5, 5.41) is 30.0. The summed E-state index contributed by atoms with van der Waals surface area (Å²) in [6, 6.07) is 11.2. The van der Waals surface area contributed by atoms with Crippen LogP contribution in [0.2, 0.25) is 5.02 Å². The molecular formula is C21H25ClO5. The van der Waals surface area contributed by atoms with E-state index in [4.69, 9.17) is 21.1 Å². The van der Waals surface area contributed by atoms with E-state index in [2.05, 4.69) is 0 Å². The molecule has 3 atom stereocenters. The zero-order valence-electron chi connectivity index (χ0n) is 15.3. The van der Waals surface area contributed by atoms with Crippen molar-refractivity contribution < 1.29 is 24.8 Å². The predicted molar refractivity (Wildman–Crippen MR) is 103 cm³/mol. The van der Waals surface area contributed by atoms with Gasteiger partial charge in [-0.05, 0) is 48.2 Å². The Morgan fingerprint density at radius 3 is 2.59 bits per heavy atom. The lowest BCUT2D eigenvalue weighted by Gasteiger charge is -2.33. The number of phenolic OH excluding ortho intramolecular Hbond substituents is 1. The first-order valence-corrected chi connectivity index (χ1v) is 9.55. The van der Waals surface area contributed by atoms with Gasteiger partial charge in [0.15, 0.2) is 0 Å². The number of hydrogen-bond donors (Lipinski definition) is 3. The van der Waals surface area contributed by atoms with E-state index in [9.17, 15) is 15.3 Å². The third kappa shape index (κ3) is 4.93. The minimum Gasteiger partial charge on any atom is -0.506 e. The first-order valence-electron chi connectivity index (χ1n) is 9.17. The molecule has 1 aliphatic rings. The summed E-state index contributed by atoms with van der Waals surface area (Å²) in [7, 11) is 0. The van der Waals surface area contributed by atoms with Gasteiger partial charge < -0.3 is 24.8 Å². The lowest BCUT2D eigenvalue weighted by molar-refractivity contribution is -0.113. The maximum atomic E-state index is 10.3. The van der Waals surface area contributed by atoms with Crippen molar-refractivity contribution in [3.8, 4) is 11.5 Å². The Hall–Kier alpha value is -1.79. The average molecular weight is 393 g/mol. The molecule has 3 rings (SSSR count). The van der Waals surface area contributed by atoms with Crippen LogP contribution in [0.3, 0.4) is 0 Å². The summed E-state index contributed by atoms with van der Waals surface area (Å²) >= 11 is 6.31. The standard InChI is InChI=1S/C21H25ClO5/c1-2-26-17-5-3-13(4-6-17)7-15-8-14(9-19(25)21(15)22)20-11-16(24)10-18(12-23)27-20/h3-6,8-9,16,18,20,23-25H,2,7,10-12H2,1H3. The smallest absolute Gasteiger partial charge is 0.134 e. The van der Waals surface area contributed by atoms with Crippen molar-refractivity contribution >= 4 is 11.6 Å². The maximum Gasteiger partial charge on any atom is 0.134 e. The van der Waals surface area contributed by atoms with Gasteiger partial charge in [0.05, 0.1) is 36.5 Å². The molecule has 0 aromatic heterocycles. The quantitative estimate of drug-likeness (QED) is 0.699. The van der Waals surface area contributed by atoms with Crippen LogP contribution in [0.25, 0.3) is 0 Å². The molecule has 1 heterocycles. The molecule has 3 unspecified atom stereocenters. The molecule has 2 aromatic carbocycles. The highest BCUT2D eigenvalue weighted by atomic mass is 35.5. The molecule has 0 bridgehead atoms. The number of ether oxygens (including phenoxy) is 2. The second-order valence-electron chi connectivity index (χ2n) is 6.82. The predicted octanol–water partition coefficient (Wildman–Crippen LogP) is 3.61. The van der Waals surface area contributed by atoms with Gasteiger partial charge in [-0.3, -0.25) is 0 Å². The van der Waals surface area contributed by atoms with Crippen LogP contribution in [0.15, 0.2) is 36.4 Å². The normalized spacial score (nSPS) is 22.6. The second kappa shape index (κ2) is 8.93. The summed E-state index contributed by atoms with van der Waals surface area (Å²) in [5.41, 5.74) is 2.56. The molecule has 5 nitrogen and oxygen atoms in total. The van der Waals surface area contributed by atoms with E-state index in [1.807, 2.05) is 37.3 Å². The number of aliphatic hydroxyl groups is 2. The number of aliphatic hydroxyl groups excluding tert-OH is 2. The van der Waals surface area contributed by atoms with Crippen LogP contribution >= 0.6 is 11.6 Å². The summed E-state index contributed by atoms with van der Waals surface area (Å²) < 4.78 is 11.3. The zero-order chi connectivity index (χ0) is 19.4. The second-order valence-corrected chi connectivity index (χ2v) is 7.20. The third-order valence-electron chi connectivity index (χ3n) is 4.73. The van der Waals surface area contributed by atoms with Crippen LogP contribution < -0.4 is 4.74 Å². The Bertz CT molecular complexity index is 762. The third-order valence-corrected chi connectivity index (χ3v) is 5.17. The summed E-state index contributed by atoms with van der Waals surface area (Å²) in [5.74, 6) is 0.794. The van der Waals surface area contributed by atoms with Crippen molar-refractivity contribution in [1.82, 2.24) is 0 Å². The van der Waals surface area contributed by atoms with Gasteiger partial charge in [0.2, 0.25) is 0 Å². The van der Waals surface area contributed by atoms with Crippen LogP contribution in [0.4, 0.5) is 0 Å². The van der Waals surface area contributed by atoms with E-state index in [1.165, 1.54) is 0 Å². The van der Waals surface area contributed by atoms with Crippen molar-refractivity contribution in [3.05, 3.63) is 58.1 Å². The number of benzene rings is 2. The Morgan fingerprint density at radius 1 is 1.19 bits per heavy atom. The van der Waals surface area contributed by atoms with Gasteiger partial charge in [-0.2, -0.15) is 0 Å². The van der Waals surface area contributed by atoms with Gasteiger partial charge in [-0.1, -0.05) is 29.8 Å². The monoisotopic (exact) mass is 392 g/mol. The zero-order valence-corrected chi connectivity index (χ0v) is 16.0. The molecule has 0 saturated carbocycles. The van der Waals surface area contributed by atoms with Crippen LogP contribution in [0.1, 0.15) is 42.6 Å². The highest BCUT2D eigenvalue weighted by molar-refractivity contribution is 6.32. The van der Waals surface area contributed by atoms with Crippen molar-refractivity contribution in [2.24, 2.45) is 0 Å². The Balaban J connectivity index is 1.83. The van der Waals surface area contributed by atoms with E-state index >= 15 is 0 Å². The number of aromatic hydroxyl groups is 1. The summed E-state index contributed by atoms with van der Waals surface area (Å²) in [6.45, 7) is 2.41. The molecular weight excluding hydrogens is 368 g/mol. The fourth-order valence-corrected chi connectivity index (χ4v) is 3.59. The molecule has 146 valence electrons. The topological polar surface area (TPSA) is 79.2 Å². The molecule has 6 heteroatoms. The molecule has 1 fully saturated rings. The van der Waals surface area contributed by atoms with Gasteiger partial charge in [0, 0.05) is 12.8 Å².